The van der Waals surface area contributed by atoms with Gasteiger partial charge in [0.1, 0.15) is 0 Å². The van der Waals surface area contributed by atoms with Gasteiger partial charge in [-0.1, -0.05) is 18.2 Å². The van der Waals surface area contributed by atoms with Crippen LogP contribution in [0.5, 0.6) is 0 Å². The van der Waals surface area contributed by atoms with E-state index in [0.29, 0.717) is 0 Å². The highest BCUT2D eigenvalue weighted by Crippen LogP contribution is 1.99. The maximum atomic E-state index is 11.0. The van der Waals surface area contributed by atoms with E-state index < -0.39 is 10.2 Å². The SMILES string of the molecule is CCC(CC)NS(=O)(=O)N=C=S. The molecule has 0 spiro atoms. The van der Waals surface area contributed by atoms with Gasteiger partial charge in [0.05, 0.1) is 5.16 Å². The summed E-state index contributed by atoms with van der Waals surface area (Å²) in [6, 6.07) is -0.0675. The first-order chi connectivity index (χ1) is 5.55. The molecule has 0 heterocycles. The van der Waals surface area contributed by atoms with Gasteiger partial charge in [-0.15, -0.1) is 0 Å². The van der Waals surface area contributed by atoms with Gasteiger partial charge in [0, 0.05) is 6.04 Å². The van der Waals surface area contributed by atoms with Crippen molar-refractivity contribution in [1.29, 1.82) is 0 Å². The van der Waals surface area contributed by atoms with Crippen LogP contribution in [0.2, 0.25) is 0 Å². The summed E-state index contributed by atoms with van der Waals surface area (Å²) in [6.07, 6.45) is 1.48. The van der Waals surface area contributed by atoms with Crippen LogP contribution in [0.3, 0.4) is 0 Å². The second-order valence-corrected chi connectivity index (χ2v) is 3.84. The van der Waals surface area contributed by atoms with E-state index in [9.17, 15) is 8.42 Å². The third-order valence-corrected chi connectivity index (χ3v) is 2.63. The lowest BCUT2D eigenvalue weighted by Crippen LogP contribution is -2.32. The Kier molecular flexibility index (Phi) is 5.24. The number of hydrogen-bond acceptors (Lipinski definition) is 3. The summed E-state index contributed by atoms with van der Waals surface area (Å²) in [5.41, 5.74) is 0. The summed E-state index contributed by atoms with van der Waals surface area (Å²) in [5.74, 6) is 0. The van der Waals surface area contributed by atoms with Crippen LogP contribution in [0.4, 0.5) is 0 Å². The lowest BCUT2D eigenvalue weighted by atomic mass is 10.2. The summed E-state index contributed by atoms with van der Waals surface area (Å²) in [5, 5.41) is 1.82. The standard InChI is InChI=1S/C6H12N2O2S2/c1-3-6(4-2)8-12(9,10)7-5-11/h6,8H,3-4H2,1-2H3. The summed E-state index contributed by atoms with van der Waals surface area (Å²) < 4.78 is 27.3. The first-order valence-electron chi connectivity index (χ1n) is 3.67. The molecule has 4 nitrogen and oxygen atoms in total. The molecule has 0 saturated carbocycles. The predicted octanol–water partition coefficient (Wildman–Crippen LogP) is 1.11. The Labute approximate surface area is 78.3 Å². The molecule has 0 unspecified atom stereocenters. The second-order valence-electron chi connectivity index (χ2n) is 2.29. The number of nitrogens with one attached hydrogen (secondary N) is 1. The smallest absolute Gasteiger partial charge is 0.193 e. The average molecular weight is 208 g/mol. The zero-order valence-corrected chi connectivity index (χ0v) is 8.70. The first-order valence-corrected chi connectivity index (χ1v) is 5.52. The molecule has 0 amide bonds. The van der Waals surface area contributed by atoms with E-state index in [-0.39, 0.29) is 6.04 Å². The van der Waals surface area contributed by atoms with Gasteiger partial charge < -0.3 is 0 Å². The Hall–Kier alpha value is -0.290. The van der Waals surface area contributed by atoms with E-state index in [1.54, 1.807) is 0 Å². The Morgan fingerprint density at radius 2 is 2.00 bits per heavy atom. The lowest BCUT2D eigenvalue weighted by Gasteiger charge is -2.10. The van der Waals surface area contributed by atoms with Crippen LogP contribution in [-0.2, 0) is 10.2 Å². The van der Waals surface area contributed by atoms with Crippen molar-refractivity contribution in [1.82, 2.24) is 4.72 Å². The molecule has 0 atom stereocenters. The van der Waals surface area contributed by atoms with Gasteiger partial charge in [0.25, 0.3) is 0 Å². The minimum absolute atomic E-state index is 0.0675. The van der Waals surface area contributed by atoms with E-state index in [1.807, 2.05) is 19.0 Å². The molecule has 0 bridgehead atoms. The van der Waals surface area contributed by atoms with Crippen LogP contribution < -0.4 is 4.72 Å². The quantitative estimate of drug-likeness (QED) is 0.544. The maximum Gasteiger partial charge on any atom is 0.328 e. The molecule has 0 aliphatic carbocycles. The Bertz CT molecular complexity index is 263. The lowest BCUT2D eigenvalue weighted by molar-refractivity contribution is 0.532. The second kappa shape index (κ2) is 5.37. The fraction of sp³-hybridized carbons (Fsp3) is 0.833. The molecular weight excluding hydrogens is 196 g/mol. The summed E-state index contributed by atoms with van der Waals surface area (Å²) in [7, 11) is -3.60. The summed E-state index contributed by atoms with van der Waals surface area (Å²) in [6.45, 7) is 3.80. The van der Waals surface area contributed by atoms with Crippen molar-refractivity contribution >= 4 is 27.6 Å². The molecule has 0 aromatic carbocycles. The van der Waals surface area contributed by atoms with Gasteiger partial charge in [-0.3, -0.25) is 0 Å². The molecule has 0 radical (unpaired) electrons. The van der Waals surface area contributed by atoms with Crippen molar-refractivity contribution in [2.24, 2.45) is 4.40 Å². The molecule has 0 saturated heterocycles. The third-order valence-electron chi connectivity index (χ3n) is 1.46. The molecule has 0 rings (SSSR count). The average Bonchev–Trinajstić information content (AvgIpc) is 2.00. The van der Waals surface area contributed by atoms with Crippen LogP contribution in [0.15, 0.2) is 4.40 Å². The van der Waals surface area contributed by atoms with Crippen molar-refractivity contribution in [3.8, 4) is 0 Å². The van der Waals surface area contributed by atoms with Crippen LogP contribution >= 0.6 is 12.2 Å². The normalized spacial score (nSPS) is 11.2. The van der Waals surface area contributed by atoms with Crippen molar-refractivity contribution in [3.05, 3.63) is 0 Å². The van der Waals surface area contributed by atoms with Gasteiger partial charge in [-0.25, -0.2) is 0 Å². The van der Waals surface area contributed by atoms with E-state index in [4.69, 9.17) is 0 Å². The highest BCUT2D eigenvalue weighted by Gasteiger charge is 2.12. The fourth-order valence-electron chi connectivity index (χ4n) is 0.741. The van der Waals surface area contributed by atoms with E-state index in [1.165, 1.54) is 0 Å². The number of hydrogen-bond donors (Lipinski definition) is 1. The maximum absolute atomic E-state index is 11.0. The molecule has 0 aliphatic rings. The van der Waals surface area contributed by atoms with E-state index >= 15 is 0 Å². The van der Waals surface area contributed by atoms with Crippen molar-refractivity contribution in [2.45, 2.75) is 32.7 Å². The number of isothiocyanates is 1. The topological polar surface area (TPSA) is 58.5 Å². The van der Waals surface area contributed by atoms with Crippen LogP contribution in [0.25, 0.3) is 0 Å². The Balaban J connectivity index is 4.32. The zero-order valence-electron chi connectivity index (χ0n) is 7.07. The predicted molar refractivity (Wildman–Crippen MR) is 51.5 cm³/mol. The van der Waals surface area contributed by atoms with E-state index in [2.05, 4.69) is 21.3 Å². The monoisotopic (exact) mass is 208 g/mol. The molecule has 0 aromatic rings. The van der Waals surface area contributed by atoms with Gasteiger partial charge in [0.15, 0.2) is 0 Å². The van der Waals surface area contributed by atoms with Crippen LogP contribution in [-0.4, -0.2) is 19.6 Å². The largest absolute Gasteiger partial charge is 0.328 e. The highest BCUT2D eigenvalue weighted by molar-refractivity contribution is 7.89. The molecule has 6 heteroatoms. The van der Waals surface area contributed by atoms with Gasteiger partial charge in [-0.2, -0.15) is 13.1 Å². The Morgan fingerprint density at radius 1 is 1.50 bits per heavy atom. The highest BCUT2D eigenvalue weighted by atomic mass is 32.2. The molecule has 0 aliphatic heterocycles. The van der Waals surface area contributed by atoms with Gasteiger partial charge in [0.2, 0.25) is 0 Å². The van der Waals surface area contributed by atoms with Crippen molar-refractivity contribution in [2.75, 3.05) is 0 Å². The molecule has 1 N–H and O–H groups in total. The van der Waals surface area contributed by atoms with E-state index in [0.717, 1.165) is 12.8 Å². The third kappa shape index (κ3) is 4.56. The van der Waals surface area contributed by atoms with Gasteiger partial charge in [-0.05, 0) is 25.1 Å². The molecular formula is C6H12N2O2S2. The Morgan fingerprint density at radius 3 is 2.33 bits per heavy atom. The summed E-state index contributed by atoms with van der Waals surface area (Å²) in [4.78, 5) is 0. The number of nitrogens with zero attached hydrogens (tertiary/aromatic N) is 1. The summed E-state index contributed by atoms with van der Waals surface area (Å²) >= 11 is 4.19. The van der Waals surface area contributed by atoms with Crippen molar-refractivity contribution < 1.29 is 8.42 Å². The molecule has 70 valence electrons. The minimum Gasteiger partial charge on any atom is -0.193 e. The number of rotatable bonds is 5. The number of thiocarbonyl (C=S) groups is 1. The van der Waals surface area contributed by atoms with Crippen LogP contribution in [0, 0.1) is 0 Å². The molecule has 0 fully saturated rings. The van der Waals surface area contributed by atoms with Crippen molar-refractivity contribution in [3.63, 3.8) is 0 Å². The first kappa shape index (κ1) is 11.7. The van der Waals surface area contributed by atoms with Gasteiger partial charge >= 0.3 is 10.2 Å². The van der Waals surface area contributed by atoms with Crippen LogP contribution in [0.1, 0.15) is 26.7 Å². The zero-order chi connectivity index (χ0) is 9.61. The minimum atomic E-state index is -3.60. The molecule has 12 heavy (non-hydrogen) atoms. The molecule has 0 aromatic heterocycles. The fourth-order valence-corrected chi connectivity index (χ4v) is 1.94.